The van der Waals surface area contributed by atoms with E-state index in [9.17, 15) is 4.79 Å². The van der Waals surface area contributed by atoms with Gasteiger partial charge in [-0.1, -0.05) is 27.3 Å². The third-order valence-corrected chi connectivity index (χ3v) is 4.99. The van der Waals surface area contributed by atoms with E-state index in [0.29, 0.717) is 10.7 Å². The van der Waals surface area contributed by atoms with E-state index in [0.717, 1.165) is 28.4 Å². The summed E-state index contributed by atoms with van der Waals surface area (Å²) >= 11 is 4.72. The topological polar surface area (TPSA) is 71.2 Å². The molecule has 1 aliphatic heterocycles. The molecule has 1 aromatic heterocycles. The van der Waals surface area contributed by atoms with E-state index in [-0.39, 0.29) is 5.91 Å². The Balaban J connectivity index is 1.76. The molecule has 5 nitrogen and oxygen atoms in total. The monoisotopic (exact) mass is 366 g/mol. The molecule has 1 amide bonds. The smallest absolute Gasteiger partial charge is 0.269 e. The van der Waals surface area contributed by atoms with Crippen molar-refractivity contribution in [1.82, 2.24) is 4.98 Å². The predicted molar refractivity (Wildman–Crippen MR) is 90.1 cm³/mol. The number of amides is 1. The summed E-state index contributed by atoms with van der Waals surface area (Å²) in [4.78, 5) is 19.3. The van der Waals surface area contributed by atoms with Gasteiger partial charge >= 0.3 is 0 Å². The first-order valence-electron chi connectivity index (χ1n) is 6.71. The number of nitrogen functional groups attached to an aromatic ring is 1. The van der Waals surface area contributed by atoms with Crippen molar-refractivity contribution in [2.24, 2.45) is 0 Å². The highest BCUT2D eigenvalue weighted by Crippen LogP contribution is 2.31. The quantitative estimate of drug-likeness (QED) is 0.873. The molecule has 1 aliphatic rings. The number of hydrogen-bond acceptors (Lipinski definition) is 5. The third kappa shape index (κ3) is 3.19. The lowest BCUT2D eigenvalue weighted by Gasteiger charge is -2.11. The van der Waals surface area contributed by atoms with Gasteiger partial charge in [0.2, 0.25) is 0 Å². The molecule has 0 saturated carbocycles. The Bertz CT molecular complexity index is 649. The van der Waals surface area contributed by atoms with Gasteiger partial charge in [-0.3, -0.25) is 4.79 Å². The molecule has 3 N–H and O–H groups in total. The van der Waals surface area contributed by atoms with Crippen LogP contribution in [0, 0.1) is 0 Å². The second-order valence-electron chi connectivity index (χ2n) is 4.87. The van der Waals surface area contributed by atoms with Gasteiger partial charge in [0.25, 0.3) is 5.91 Å². The van der Waals surface area contributed by atoms with Crippen LogP contribution >= 0.6 is 27.3 Å². The number of nitrogens with zero attached hydrogens (tertiary/aromatic N) is 2. The van der Waals surface area contributed by atoms with Crippen molar-refractivity contribution < 1.29 is 4.79 Å². The van der Waals surface area contributed by atoms with Crippen LogP contribution in [0.4, 0.5) is 16.6 Å². The molecule has 1 aromatic carbocycles. The average molecular weight is 367 g/mol. The zero-order valence-corrected chi connectivity index (χ0v) is 13.7. The predicted octanol–water partition coefficient (Wildman–Crippen LogP) is 3.34. The molecule has 0 radical (unpaired) electrons. The van der Waals surface area contributed by atoms with Crippen LogP contribution in [0.25, 0.3) is 0 Å². The molecule has 7 heteroatoms. The number of halogens is 1. The van der Waals surface area contributed by atoms with E-state index in [2.05, 4.69) is 31.1 Å². The molecule has 110 valence electrons. The van der Waals surface area contributed by atoms with E-state index >= 15 is 0 Å². The second kappa shape index (κ2) is 6.03. The fraction of sp³-hybridized carbons (Fsp3) is 0.286. The molecule has 1 fully saturated rings. The molecule has 0 spiro atoms. The molecule has 21 heavy (non-hydrogen) atoms. The number of nitrogens with two attached hydrogens (primary N) is 1. The molecule has 2 heterocycles. The van der Waals surface area contributed by atoms with Gasteiger partial charge in [0.05, 0.1) is 0 Å². The maximum absolute atomic E-state index is 12.3. The SMILES string of the molecule is Nc1nc(N2CCCC2)sc1C(=O)Nc1ccc(Br)cc1. The van der Waals surface area contributed by atoms with Gasteiger partial charge in [0.15, 0.2) is 5.13 Å². The zero-order valence-electron chi connectivity index (χ0n) is 11.3. The molecule has 1 saturated heterocycles. The fourth-order valence-corrected chi connectivity index (χ4v) is 3.44. The molecule has 3 rings (SSSR count). The highest BCUT2D eigenvalue weighted by atomic mass is 79.9. The van der Waals surface area contributed by atoms with E-state index in [4.69, 9.17) is 5.73 Å². The number of aromatic nitrogens is 1. The third-order valence-electron chi connectivity index (χ3n) is 3.33. The number of nitrogens with one attached hydrogen (secondary N) is 1. The first kappa shape index (κ1) is 14.3. The summed E-state index contributed by atoms with van der Waals surface area (Å²) in [6.07, 6.45) is 2.33. The van der Waals surface area contributed by atoms with E-state index in [1.54, 1.807) is 0 Å². The zero-order chi connectivity index (χ0) is 14.8. The van der Waals surface area contributed by atoms with E-state index in [1.807, 2.05) is 24.3 Å². The van der Waals surface area contributed by atoms with Crippen molar-refractivity contribution in [3.8, 4) is 0 Å². The van der Waals surface area contributed by atoms with Crippen LogP contribution in [0.5, 0.6) is 0 Å². The summed E-state index contributed by atoms with van der Waals surface area (Å²) in [5.74, 6) is 0.0919. The lowest BCUT2D eigenvalue weighted by molar-refractivity contribution is 0.103. The van der Waals surface area contributed by atoms with Crippen LogP contribution in [0.15, 0.2) is 28.7 Å². The van der Waals surface area contributed by atoms with Crippen molar-refractivity contribution in [1.29, 1.82) is 0 Å². The minimum absolute atomic E-state index is 0.210. The summed E-state index contributed by atoms with van der Waals surface area (Å²) in [6.45, 7) is 1.97. The number of carbonyl (C=O) groups is 1. The second-order valence-corrected chi connectivity index (χ2v) is 6.76. The van der Waals surface area contributed by atoms with E-state index < -0.39 is 0 Å². The number of benzene rings is 1. The Labute approximate surface area is 135 Å². The van der Waals surface area contributed by atoms with Crippen LogP contribution in [0.2, 0.25) is 0 Å². The maximum atomic E-state index is 12.3. The van der Waals surface area contributed by atoms with Gasteiger partial charge in [-0.05, 0) is 37.1 Å². The molecular formula is C14H15BrN4OS. The summed E-state index contributed by atoms with van der Waals surface area (Å²) in [5, 5.41) is 3.68. The first-order valence-corrected chi connectivity index (χ1v) is 8.32. The van der Waals surface area contributed by atoms with Crippen molar-refractivity contribution in [3.05, 3.63) is 33.6 Å². The average Bonchev–Trinajstić information content (AvgIpc) is 3.10. The van der Waals surface area contributed by atoms with Crippen LogP contribution in [0.1, 0.15) is 22.5 Å². The summed E-state index contributed by atoms with van der Waals surface area (Å²) in [6, 6.07) is 7.42. The van der Waals surface area contributed by atoms with Crippen LogP contribution < -0.4 is 16.0 Å². The van der Waals surface area contributed by atoms with E-state index in [1.165, 1.54) is 24.2 Å². The molecular weight excluding hydrogens is 352 g/mol. The summed E-state index contributed by atoms with van der Waals surface area (Å²) in [5.41, 5.74) is 6.63. The highest BCUT2D eigenvalue weighted by molar-refractivity contribution is 9.10. The number of anilines is 3. The largest absolute Gasteiger partial charge is 0.382 e. The number of thiazole rings is 1. The summed E-state index contributed by atoms with van der Waals surface area (Å²) in [7, 11) is 0. The minimum Gasteiger partial charge on any atom is -0.382 e. The normalized spacial score (nSPS) is 14.4. The van der Waals surface area contributed by atoms with Crippen LogP contribution in [-0.4, -0.2) is 24.0 Å². The molecule has 2 aromatic rings. The van der Waals surface area contributed by atoms with Gasteiger partial charge in [-0.15, -0.1) is 0 Å². The van der Waals surface area contributed by atoms with Gasteiger partial charge in [-0.25, -0.2) is 4.98 Å². The Morgan fingerprint density at radius 3 is 2.62 bits per heavy atom. The van der Waals surface area contributed by atoms with Crippen molar-refractivity contribution in [3.63, 3.8) is 0 Å². The van der Waals surface area contributed by atoms with Crippen LogP contribution in [0.3, 0.4) is 0 Å². The first-order chi connectivity index (χ1) is 10.1. The lowest BCUT2D eigenvalue weighted by atomic mass is 10.3. The maximum Gasteiger partial charge on any atom is 0.269 e. The van der Waals surface area contributed by atoms with Crippen molar-refractivity contribution in [2.45, 2.75) is 12.8 Å². The number of hydrogen-bond donors (Lipinski definition) is 2. The molecule has 0 bridgehead atoms. The minimum atomic E-state index is -0.210. The lowest BCUT2D eigenvalue weighted by Crippen LogP contribution is -2.17. The Morgan fingerprint density at radius 1 is 1.29 bits per heavy atom. The molecule has 0 atom stereocenters. The molecule has 0 aliphatic carbocycles. The number of rotatable bonds is 3. The Morgan fingerprint density at radius 2 is 1.95 bits per heavy atom. The number of carbonyl (C=O) groups excluding carboxylic acids is 1. The summed E-state index contributed by atoms with van der Waals surface area (Å²) < 4.78 is 0.967. The van der Waals surface area contributed by atoms with Crippen molar-refractivity contribution >= 4 is 49.8 Å². The van der Waals surface area contributed by atoms with Crippen LogP contribution in [-0.2, 0) is 0 Å². The van der Waals surface area contributed by atoms with Gasteiger partial charge in [-0.2, -0.15) is 0 Å². The van der Waals surface area contributed by atoms with Gasteiger partial charge in [0, 0.05) is 23.2 Å². The molecule has 0 unspecified atom stereocenters. The highest BCUT2D eigenvalue weighted by Gasteiger charge is 2.21. The Hall–Kier alpha value is -1.60. The standard InChI is InChI=1S/C14H15BrN4OS/c15-9-3-5-10(6-4-9)17-13(20)11-12(16)18-14(21-11)19-7-1-2-8-19/h3-6H,1-2,7-8,16H2,(H,17,20). The van der Waals surface area contributed by atoms with Crippen molar-refractivity contribution in [2.75, 3.05) is 29.0 Å². The van der Waals surface area contributed by atoms with Gasteiger partial charge < -0.3 is 16.0 Å². The fourth-order valence-electron chi connectivity index (χ4n) is 2.25. The van der Waals surface area contributed by atoms with Gasteiger partial charge in [0.1, 0.15) is 10.7 Å². The Kier molecular flexibility index (Phi) is 4.12.